The third-order valence-corrected chi connectivity index (χ3v) is 2.52. The van der Waals surface area contributed by atoms with Gasteiger partial charge in [0.15, 0.2) is 6.61 Å². The summed E-state index contributed by atoms with van der Waals surface area (Å²) in [6.45, 7) is 3.52. The lowest BCUT2D eigenvalue weighted by molar-refractivity contribution is -0.144. The monoisotopic (exact) mass is 284 g/mol. The van der Waals surface area contributed by atoms with Gasteiger partial charge in [-0.3, -0.25) is 0 Å². The van der Waals surface area contributed by atoms with E-state index in [0.717, 1.165) is 5.75 Å². The molecule has 21 heavy (non-hydrogen) atoms. The van der Waals surface area contributed by atoms with Crippen molar-refractivity contribution in [2.75, 3.05) is 13.2 Å². The highest BCUT2D eigenvalue weighted by molar-refractivity contribution is 5.71. The van der Waals surface area contributed by atoms with Crippen LogP contribution in [0, 0.1) is 0 Å². The number of para-hydroxylation sites is 1. The molecule has 0 aliphatic carbocycles. The molecule has 0 saturated carbocycles. The number of ether oxygens (including phenoxy) is 3. The average Bonchev–Trinajstić information content (AvgIpc) is 2.53. The number of rotatable bonds is 7. The van der Waals surface area contributed by atoms with Gasteiger partial charge in [0, 0.05) is 0 Å². The van der Waals surface area contributed by atoms with Gasteiger partial charge in [-0.05, 0) is 36.4 Å². The summed E-state index contributed by atoms with van der Waals surface area (Å²) in [6.07, 6.45) is 1.51. The molecule has 0 saturated heterocycles. The topological polar surface area (TPSA) is 44.8 Å². The van der Waals surface area contributed by atoms with Crippen LogP contribution >= 0.6 is 0 Å². The third-order valence-electron chi connectivity index (χ3n) is 2.52. The minimum atomic E-state index is -0.431. The standard InChI is InChI=1S/C17H16O4/c1-2-12-19-17(18)13-20-14-8-10-16(11-9-14)21-15-6-4-3-5-7-15/h2-11H,1,12-13H2. The van der Waals surface area contributed by atoms with Crippen LogP contribution < -0.4 is 9.47 Å². The van der Waals surface area contributed by atoms with Crippen molar-refractivity contribution in [1.29, 1.82) is 0 Å². The Morgan fingerprint density at radius 1 is 0.952 bits per heavy atom. The van der Waals surface area contributed by atoms with Crippen molar-refractivity contribution >= 4 is 5.97 Å². The van der Waals surface area contributed by atoms with Crippen LogP contribution in [0.15, 0.2) is 67.3 Å². The number of hydrogen-bond donors (Lipinski definition) is 0. The Morgan fingerprint density at radius 2 is 1.57 bits per heavy atom. The van der Waals surface area contributed by atoms with E-state index in [1.807, 2.05) is 30.3 Å². The molecule has 0 heterocycles. The van der Waals surface area contributed by atoms with Crippen molar-refractivity contribution in [2.45, 2.75) is 0 Å². The summed E-state index contributed by atoms with van der Waals surface area (Å²) in [6, 6.07) is 16.5. The van der Waals surface area contributed by atoms with Gasteiger partial charge in [-0.1, -0.05) is 30.9 Å². The number of hydrogen-bond acceptors (Lipinski definition) is 4. The Hall–Kier alpha value is -2.75. The largest absolute Gasteiger partial charge is 0.482 e. The second-order valence-corrected chi connectivity index (χ2v) is 4.15. The van der Waals surface area contributed by atoms with Crippen LogP contribution in [0.4, 0.5) is 0 Å². The SMILES string of the molecule is C=CCOC(=O)COc1ccc(Oc2ccccc2)cc1. The highest BCUT2D eigenvalue weighted by Crippen LogP contribution is 2.23. The molecule has 0 fully saturated rings. The second kappa shape index (κ2) is 7.75. The molecule has 0 radical (unpaired) electrons. The van der Waals surface area contributed by atoms with Crippen molar-refractivity contribution in [1.82, 2.24) is 0 Å². The zero-order chi connectivity index (χ0) is 14.9. The maximum atomic E-state index is 11.3. The van der Waals surface area contributed by atoms with E-state index < -0.39 is 5.97 Å². The molecule has 0 bridgehead atoms. The smallest absolute Gasteiger partial charge is 0.344 e. The van der Waals surface area contributed by atoms with Gasteiger partial charge in [0.2, 0.25) is 0 Å². The maximum Gasteiger partial charge on any atom is 0.344 e. The second-order valence-electron chi connectivity index (χ2n) is 4.15. The van der Waals surface area contributed by atoms with E-state index in [9.17, 15) is 4.79 Å². The van der Waals surface area contributed by atoms with Gasteiger partial charge in [0.1, 0.15) is 23.9 Å². The molecular weight excluding hydrogens is 268 g/mol. The molecule has 0 aliphatic heterocycles. The number of esters is 1. The fraction of sp³-hybridized carbons (Fsp3) is 0.118. The fourth-order valence-corrected chi connectivity index (χ4v) is 1.56. The molecule has 0 amide bonds. The van der Waals surface area contributed by atoms with E-state index in [0.29, 0.717) is 11.5 Å². The molecule has 0 unspecified atom stereocenters. The van der Waals surface area contributed by atoms with Crippen molar-refractivity contribution in [3.63, 3.8) is 0 Å². The molecule has 4 nitrogen and oxygen atoms in total. The molecule has 0 N–H and O–H groups in total. The molecule has 0 aliphatic rings. The first-order valence-corrected chi connectivity index (χ1v) is 6.50. The summed E-state index contributed by atoms with van der Waals surface area (Å²) >= 11 is 0. The van der Waals surface area contributed by atoms with Crippen molar-refractivity contribution in [3.8, 4) is 17.2 Å². The highest BCUT2D eigenvalue weighted by Gasteiger charge is 2.03. The van der Waals surface area contributed by atoms with Crippen molar-refractivity contribution in [3.05, 3.63) is 67.3 Å². The summed E-state index contributed by atoms with van der Waals surface area (Å²) < 4.78 is 15.8. The van der Waals surface area contributed by atoms with Gasteiger partial charge in [-0.25, -0.2) is 4.79 Å². The number of benzene rings is 2. The van der Waals surface area contributed by atoms with Crippen LogP contribution in [0.1, 0.15) is 0 Å². The van der Waals surface area contributed by atoms with E-state index >= 15 is 0 Å². The van der Waals surface area contributed by atoms with Gasteiger partial charge in [-0.2, -0.15) is 0 Å². The summed E-state index contributed by atoms with van der Waals surface area (Å²) in [5, 5.41) is 0. The zero-order valence-corrected chi connectivity index (χ0v) is 11.5. The molecule has 0 atom stereocenters. The predicted molar refractivity (Wildman–Crippen MR) is 79.6 cm³/mol. The third kappa shape index (κ3) is 5.03. The van der Waals surface area contributed by atoms with Crippen LogP contribution in [-0.4, -0.2) is 19.2 Å². The van der Waals surface area contributed by atoms with E-state index in [4.69, 9.17) is 14.2 Å². The van der Waals surface area contributed by atoms with Gasteiger partial charge in [-0.15, -0.1) is 0 Å². The van der Waals surface area contributed by atoms with E-state index in [-0.39, 0.29) is 13.2 Å². The Bertz CT molecular complexity index is 575. The lowest BCUT2D eigenvalue weighted by Gasteiger charge is -2.08. The minimum Gasteiger partial charge on any atom is -0.482 e. The minimum absolute atomic E-state index is 0.132. The van der Waals surface area contributed by atoms with Crippen LogP contribution in [0.25, 0.3) is 0 Å². The molecule has 2 aromatic rings. The molecule has 0 spiro atoms. The average molecular weight is 284 g/mol. The summed E-state index contributed by atoms with van der Waals surface area (Å²) in [7, 11) is 0. The Labute approximate surface area is 123 Å². The van der Waals surface area contributed by atoms with E-state index in [1.165, 1.54) is 6.08 Å². The Morgan fingerprint density at radius 3 is 2.24 bits per heavy atom. The first-order valence-electron chi connectivity index (χ1n) is 6.50. The molecule has 0 aromatic heterocycles. The van der Waals surface area contributed by atoms with Crippen LogP contribution in [0.2, 0.25) is 0 Å². The van der Waals surface area contributed by atoms with E-state index in [1.54, 1.807) is 24.3 Å². The maximum absolute atomic E-state index is 11.3. The molecule has 2 rings (SSSR count). The normalized spacial score (nSPS) is 9.71. The first-order chi connectivity index (χ1) is 10.3. The molecule has 4 heteroatoms. The van der Waals surface area contributed by atoms with Crippen LogP contribution in [0.5, 0.6) is 17.2 Å². The predicted octanol–water partition coefficient (Wildman–Crippen LogP) is 3.59. The fourth-order valence-electron chi connectivity index (χ4n) is 1.56. The molecule has 108 valence electrons. The van der Waals surface area contributed by atoms with Crippen LogP contribution in [-0.2, 0) is 9.53 Å². The van der Waals surface area contributed by atoms with Crippen LogP contribution in [0.3, 0.4) is 0 Å². The first kappa shape index (κ1) is 14.7. The van der Waals surface area contributed by atoms with Gasteiger partial charge in [0.05, 0.1) is 0 Å². The zero-order valence-electron chi connectivity index (χ0n) is 11.5. The van der Waals surface area contributed by atoms with Crippen molar-refractivity contribution in [2.24, 2.45) is 0 Å². The summed E-state index contributed by atoms with van der Waals surface area (Å²) in [5.74, 6) is 1.60. The van der Waals surface area contributed by atoms with E-state index in [2.05, 4.69) is 6.58 Å². The summed E-state index contributed by atoms with van der Waals surface area (Å²) in [4.78, 5) is 11.3. The molecular formula is C17H16O4. The molecule has 2 aromatic carbocycles. The highest BCUT2D eigenvalue weighted by atomic mass is 16.6. The lowest BCUT2D eigenvalue weighted by atomic mass is 10.3. The lowest BCUT2D eigenvalue weighted by Crippen LogP contribution is -2.14. The number of carbonyl (C=O) groups is 1. The summed E-state index contributed by atoms with van der Waals surface area (Å²) in [5.41, 5.74) is 0. The Kier molecular flexibility index (Phi) is 5.41. The van der Waals surface area contributed by atoms with Crippen molar-refractivity contribution < 1.29 is 19.0 Å². The van der Waals surface area contributed by atoms with Gasteiger partial charge < -0.3 is 14.2 Å². The van der Waals surface area contributed by atoms with Gasteiger partial charge >= 0.3 is 5.97 Å². The quantitative estimate of drug-likeness (QED) is 0.576. The Balaban J connectivity index is 1.84. The number of carbonyl (C=O) groups excluding carboxylic acids is 1. The van der Waals surface area contributed by atoms with Gasteiger partial charge in [0.25, 0.3) is 0 Å².